The first kappa shape index (κ1) is 18.3. The van der Waals surface area contributed by atoms with E-state index in [1.807, 2.05) is 35.1 Å². The van der Waals surface area contributed by atoms with E-state index in [1.54, 1.807) is 6.20 Å². The van der Waals surface area contributed by atoms with Gasteiger partial charge in [0.15, 0.2) is 5.96 Å². The van der Waals surface area contributed by atoms with Crippen LogP contribution in [0.15, 0.2) is 47.8 Å². The lowest BCUT2D eigenvalue weighted by molar-refractivity contribution is 0.584. The van der Waals surface area contributed by atoms with E-state index < -0.39 is 0 Å². The summed E-state index contributed by atoms with van der Waals surface area (Å²) in [5, 5.41) is 12.8. The first-order valence-electron chi connectivity index (χ1n) is 9.01. The molecule has 0 atom stereocenters. The molecule has 1 aromatic carbocycles. The van der Waals surface area contributed by atoms with E-state index in [0.29, 0.717) is 0 Å². The van der Waals surface area contributed by atoms with Gasteiger partial charge in [0.1, 0.15) is 0 Å². The average Bonchev–Trinajstić information content (AvgIpc) is 3.28. The van der Waals surface area contributed by atoms with Gasteiger partial charge in [0.05, 0.1) is 0 Å². The predicted octanol–water partition coefficient (Wildman–Crippen LogP) is 3.21. The Balaban J connectivity index is 1.49. The number of hydrogen-bond donors (Lipinski definition) is 3. The number of nitrogens with zero attached hydrogens (tertiary/aromatic N) is 3. The Morgan fingerprint density at radius 1 is 1.35 bits per heavy atom. The molecule has 26 heavy (non-hydrogen) atoms. The molecule has 2 aromatic heterocycles. The largest absolute Gasteiger partial charge is 0.361 e. The van der Waals surface area contributed by atoms with Crippen molar-refractivity contribution in [1.29, 1.82) is 0 Å². The molecule has 0 amide bonds. The number of nitrogens with one attached hydrogen (secondary N) is 3. The minimum atomic E-state index is 0.762. The summed E-state index contributed by atoms with van der Waals surface area (Å²) in [5.74, 6) is 0.853. The van der Waals surface area contributed by atoms with Gasteiger partial charge in [-0.2, -0.15) is 5.10 Å². The Morgan fingerprint density at radius 2 is 2.27 bits per heavy atom. The standard InChI is InChI=1S/C19H25ClN6/c1-2-21-19(22-8-3-11-26-12-4-9-25-26)23-10-7-15-14-24-18-6-5-16(20)13-17(15)18/h4-6,9,12-14,24H,2-3,7-8,10-11H2,1H3,(H2,21,22,23). The van der Waals surface area contributed by atoms with Gasteiger partial charge < -0.3 is 15.6 Å². The highest BCUT2D eigenvalue weighted by molar-refractivity contribution is 6.31. The quantitative estimate of drug-likeness (QED) is 0.323. The molecule has 0 bridgehead atoms. The second-order valence-electron chi connectivity index (χ2n) is 6.06. The fraction of sp³-hybridized carbons (Fsp3) is 0.368. The van der Waals surface area contributed by atoms with Gasteiger partial charge in [0.2, 0.25) is 0 Å². The summed E-state index contributed by atoms with van der Waals surface area (Å²) in [6.07, 6.45) is 7.68. The van der Waals surface area contributed by atoms with Gasteiger partial charge in [0.25, 0.3) is 0 Å². The molecule has 3 rings (SSSR count). The van der Waals surface area contributed by atoms with Crippen LogP contribution in [0.5, 0.6) is 0 Å². The fourth-order valence-electron chi connectivity index (χ4n) is 2.87. The number of fused-ring (bicyclic) bond motifs is 1. The molecular weight excluding hydrogens is 348 g/mol. The maximum Gasteiger partial charge on any atom is 0.191 e. The van der Waals surface area contributed by atoms with Gasteiger partial charge >= 0.3 is 0 Å². The van der Waals surface area contributed by atoms with Crippen molar-refractivity contribution in [3.8, 4) is 0 Å². The third-order valence-electron chi connectivity index (χ3n) is 4.13. The second kappa shape index (κ2) is 9.29. The highest BCUT2D eigenvalue weighted by atomic mass is 35.5. The zero-order chi connectivity index (χ0) is 18.2. The number of guanidine groups is 1. The molecule has 3 aromatic rings. The molecule has 0 aliphatic heterocycles. The van der Waals surface area contributed by atoms with Gasteiger partial charge in [0, 0.05) is 60.7 Å². The number of aryl methyl sites for hydroxylation is 1. The second-order valence-corrected chi connectivity index (χ2v) is 6.50. The van der Waals surface area contributed by atoms with Crippen molar-refractivity contribution in [2.75, 3.05) is 19.6 Å². The summed E-state index contributed by atoms with van der Waals surface area (Å²) >= 11 is 6.12. The van der Waals surface area contributed by atoms with Crippen molar-refractivity contribution in [2.45, 2.75) is 26.3 Å². The summed E-state index contributed by atoms with van der Waals surface area (Å²) < 4.78 is 1.93. The third kappa shape index (κ3) is 5.02. The summed E-state index contributed by atoms with van der Waals surface area (Å²) in [7, 11) is 0. The average molecular weight is 373 g/mol. The Labute approximate surface area is 158 Å². The molecule has 0 saturated heterocycles. The topological polar surface area (TPSA) is 70.0 Å². The normalized spacial score (nSPS) is 11.8. The van der Waals surface area contributed by atoms with E-state index in [0.717, 1.165) is 55.5 Å². The van der Waals surface area contributed by atoms with Crippen LogP contribution in [0.3, 0.4) is 0 Å². The molecule has 0 spiro atoms. The Kier molecular flexibility index (Phi) is 6.55. The highest BCUT2D eigenvalue weighted by Crippen LogP contribution is 2.22. The van der Waals surface area contributed by atoms with Crippen LogP contribution < -0.4 is 10.6 Å². The van der Waals surface area contributed by atoms with Crippen LogP contribution in [-0.2, 0) is 13.0 Å². The van der Waals surface area contributed by atoms with E-state index in [9.17, 15) is 0 Å². The third-order valence-corrected chi connectivity index (χ3v) is 4.37. The monoisotopic (exact) mass is 372 g/mol. The molecule has 138 valence electrons. The first-order valence-corrected chi connectivity index (χ1v) is 9.39. The number of rotatable bonds is 8. The number of hydrogen-bond acceptors (Lipinski definition) is 2. The Morgan fingerprint density at radius 3 is 3.08 bits per heavy atom. The SMILES string of the molecule is CCNC(=NCCCn1cccn1)NCCc1c[nH]c2ccc(Cl)cc12. The molecule has 0 aliphatic carbocycles. The summed E-state index contributed by atoms with van der Waals surface area (Å²) in [6, 6.07) is 7.87. The number of aromatic amines is 1. The van der Waals surface area contributed by atoms with E-state index in [4.69, 9.17) is 11.6 Å². The van der Waals surface area contributed by atoms with E-state index in [-0.39, 0.29) is 0 Å². The van der Waals surface area contributed by atoms with Crippen LogP contribution in [0, 0.1) is 0 Å². The lowest BCUT2D eigenvalue weighted by Gasteiger charge is -2.11. The fourth-order valence-corrected chi connectivity index (χ4v) is 3.04. The van der Waals surface area contributed by atoms with Crippen LogP contribution >= 0.6 is 11.6 Å². The van der Waals surface area contributed by atoms with Crippen molar-refractivity contribution >= 4 is 28.5 Å². The number of aliphatic imine (C=N–C) groups is 1. The molecular formula is C19H25ClN6. The zero-order valence-electron chi connectivity index (χ0n) is 15.0. The molecule has 2 heterocycles. The van der Waals surface area contributed by atoms with Gasteiger partial charge in [-0.1, -0.05) is 11.6 Å². The maximum atomic E-state index is 6.12. The summed E-state index contributed by atoms with van der Waals surface area (Å²) in [4.78, 5) is 7.93. The lowest BCUT2D eigenvalue weighted by Crippen LogP contribution is -2.38. The van der Waals surface area contributed by atoms with Crippen molar-refractivity contribution in [2.24, 2.45) is 4.99 Å². The van der Waals surface area contributed by atoms with Gasteiger partial charge in [-0.15, -0.1) is 0 Å². The summed E-state index contributed by atoms with van der Waals surface area (Å²) in [6.45, 7) is 5.37. The van der Waals surface area contributed by atoms with Crippen LogP contribution in [0.1, 0.15) is 18.9 Å². The van der Waals surface area contributed by atoms with Crippen LogP contribution in [0.2, 0.25) is 5.02 Å². The Hall–Kier alpha value is -2.47. The maximum absolute atomic E-state index is 6.12. The van der Waals surface area contributed by atoms with Crippen molar-refractivity contribution < 1.29 is 0 Å². The van der Waals surface area contributed by atoms with E-state index >= 15 is 0 Å². The van der Waals surface area contributed by atoms with Crippen LogP contribution in [0.25, 0.3) is 10.9 Å². The molecule has 0 unspecified atom stereocenters. The zero-order valence-corrected chi connectivity index (χ0v) is 15.8. The predicted molar refractivity (Wildman–Crippen MR) is 108 cm³/mol. The van der Waals surface area contributed by atoms with Gasteiger partial charge in [-0.05, 0) is 49.6 Å². The van der Waals surface area contributed by atoms with E-state index in [2.05, 4.69) is 38.8 Å². The number of halogens is 1. The molecule has 6 nitrogen and oxygen atoms in total. The van der Waals surface area contributed by atoms with Gasteiger partial charge in [-0.25, -0.2) is 0 Å². The van der Waals surface area contributed by atoms with E-state index in [1.165, 1.54) is 10.9 Å². The van der Waals surface area contributed by atoms with Crippen molar-refractivity contribution in [3.63, 3.8) is 0 Å². The highest BCUT2D eigenvalue weighted by Gasteiger charge is 2.05. The lowest BCUT2D eigenvalue weighted by atomic mass is 10.1. The molecule has 0 fully saturated rings. The van der Waals surface area contributed by atoms with Crippen LogP contribution in [-0.4, -0.2) is 40.4 Å². The van der Waals surface area contributed by atoms with Crippen molar-refractivity contribution in [1.82, 2.24) is 25.4 Å². The number of benzene rings is 1. The smallest absolute Gasteiger partial charge is 0.191 e. The molecule has 0 aliphatic rings. The minimum Gasteiger partial charge on any atom is -0.361 e. The molecule has 0 radical (unpaired) electrons. The van der Waals surface area contributed by atoms with Gasteiger partial charge in [-0.3, -0.25) is 9.67 Å². The molecule has 0 saturated carbocycles. The first-order chi connectivity index (χ1) is 12.8. The van der Waals surface area contributed by atoms with Crippen LogP contribution in [0.4, 0.5) is 0 Å². The number of aromatic nitrogens is 3. The van der Waals surface area contributed by atoms with Crippen molar-refractivity contribution in [3.05, 3.63) is 53.4 Å². The summed E-state index contributed by atoms with van der Waals surface area (Å²) in [5.41, 5.74) is 2.37. The molecule has 3 N–H and O–H groups in total. The Bertz CT molecular complexity index is 837. The number of H-pyrrole nitrogens is 1. The molecule has 7 heteroatoms. The minimum absolute atomic E-state index is 0.762.